The quantitative estimate of drug-likeness (QED) is 0.231. The number of pyridine rings is 1. The van der Waals surface area contributed by atoms with Gasteiger partial charge >= 0.3 is 5.97 Å². The number of hydrogen-bond acceptors (Lipinski definition) is 8. The third-order valence-electron chi connectivity index (χ3n) is 6.18. The molecule has 1 aliphatic heterocycles. The van der Waals surface area contributed by atoms with E-state index in [4.69, 9.17) is 4.74 Å². The summed E-state index contributed by atoms with van der Waals surface area (Å²) in [7, 11) is 0. The molecule has 5 rings (SSSR count). The van der Waals surface area contributed by atoms with E-state index in [1.165, 1.54) is 22.3 Å². The standard InChI is InChI=1S/C30H25N3O5S/c1-17(2)38-30(37)20-11-7-13-22(15-20)33-24(21-12-8-14-31-16-21)23(26(35)29(33)36)25(34)27-18(3)32-28(39-27)19-9-5-4-6-10-19/h4-17,24,35H,1-3H3. The first-order valence-electron chi connectivity index (χ1n) is 12.3. The van der Waals surface area contributed by atoms with Crippen molar-refractivity contribution in [2.75, 3.05) is 4.90 Å². The second-order valence-corrected chi connectivity index (χ2v) is 10.3. The number of hydrogen-bond donors (Lipinski definition) is 1. The predicted octanol–water partition coefficient (Wildman–Crippen LogP) is 5.86. The van der Waals surface area contributed by atoms with E-state index in [2.05, 4.69) is 9.97 Å². The van der Waals surface area contributed by atoms with Crippen LogP contribution in [0.5, 0.6) is 0 Å². The van der Waals surface area contributed by atoms with E-state index in [0.717, 1.165) is 5.56 Å². The zero-order valence-electron chi connectivity index (χ0n) is 21.5. The number of amides is 1. The average Bonchev–Trinajstić information content (AvgIpc) is 3.46. The SMILES string of the molecule is Cc1nc(-c2ccccc2)sc1C(=O)C1=C(O)C(=O)N(c2cccc(C(=O)OC(C)C)c2)C1c1cccnc1. The number of anilines is 1. The number of aliphatic hydroxyl groups excluding tert-OH is 1. The van der Waals surface area contributed by atoms with Crippen LogP contribution >= 0.6 is 11.3 Å². The minimum atomic E-state index is -0.975. The zero-order chi connectivity index (χ0) is 27.7. The lowest BCUT2D eigenvalue weighted by Crippen LogP contribution is -2.31. The summed E-state index contributed by atoms with van der Waals surface area (Å²) < 4.78 is 5.31. The number of ketones is 1. The monoisotopic (exact) mass is 539 g/mol. The molecule has 9 heteroatoms. The van der Waals surface area contributed by atoms with Crippen LogP contribution in [-0.4, -0.2) is 38.8 Å². The van der Waals surface area contributed by atoms with Crippen LogP contribution in [-0.2, 0) is 9.53 Å². The van der Waals surface area contributed by atoms with Gasteiger partial charge in [0, 0.05) is 23.6 Å². The third kappa shape index (κ3) is 4.96. The fourth-order valence-electron chi connectivity index (χ4n) is 4.46. The van der Waals surface area contributed by atoms with Crippen molar-refractivity contribution in [1.82, 2.24) is 9.97 Å². The first-order chi connectivity index (χ1) is 18.8. The van der Waals surface area contributed by atoms with E-state index in [0.29, 0.717) is 26.8 Å². The number of rotatable bonds is 7. The number of ether oxygens (including phenoxy) is 1. The van der Waals surface area contributed by atoms with Crippen molar-refractivity contribution in [2.45, 2.75) is 32.9 Å². The fraction of sp³-hybridized carbons (Fsp3) is 0.167. The van der Waals surface area contributed by atoms with Gasteiger partial charge < -0.3 is 9.84 Å². The molecule has 8 nitrogen and oxygen atoms in total. The molecule has 1 N–H and O–H groups in total. The van der Waals surface area contributed by atoms with Crippen LogP contribution in [0.15, 0.2) is 90.5 Å². The Morgan fingerprint density at radius 1 is 1.05 bits per heavy atom. The van der Waals surface area contributed by atoms with E-state index >= 15 is 0 Å². The summed E-state index contributed by atoms with van der Waals surface area (Å²) in [5.74, 6) is -2.45. The molecule has 1 unspecified atom stereocenters. The van der Waals surface area contributed by atoms with E-state index in [1.807, 2.05) is 30.3 Å². The molecule has 0 bridgehead atoms. The predicted molar refractivity (Wildman–Crippen MR) is 148 cm³/mol. The molecule has 196 valence electrons. The molecular weight excluding hydrogens is 514 g/mol. The molecular formula is C30H25N3O5S. The molecule has 2 aromatic carbocycles. The second kappa shape index (κ2) is 10.6. The number of nitrogens with zero attached hydrogens (tertiary/aromatic N) is 3. The maximum absolute atomic E-state index is 14.0. The van der Waals surface area contributed by atoms with Crippen LogP contribution in [0.25, 0.3) is 10.6 Å². The Morgan fingerprint density at radius 2 is 1.82 bits per heavy atom. The molecule has 4 aromatic rings. The smallest absolute Gasteiger partial charge is 0.338 e. The summed E-state index contributed by atoms with van der Waals surface area (Å²) in [5, 5.41) is 11.8. The van der Waals surface area contributed by atoms with E-state index < -0.39 is 29.5 Å². The van der Waals surface area contributed by atoms with Crippen LogP contribution in [0.2, 0.25) is 0 Å². The van der Waals surface area contributed by atoms with Gasteiger partial charge in [0.2, 0.25) is 5.78 Å². The number of Topliss-reactive ketones (excluding diaryl/α,β-unsaturated/α-hetero) is 1. The van der Waals surface area contributed by atoms with E-state index in [9.17, 15) is 19.5 Å². The number of aryl methyl sites for hydroxylation is 1. The number of carbonyl (C=O) groups is 3. The van der Waals surface area contributed by atoms with Crippen molar-refractivity contribution in [3.63, 3.8) is 0 Å². The number of aliphatic hydroxyl groups is 1. The van der Waals surface area contributed by atoms with Crippen molar-refractivity contribution in [3.8, 4) is 10.6 Å². The topological polar surface area (TPSA) is 110 Å². The Bertz CT molecular complexity index is 1600. The zero-order valence-corrected chi connectivity index (χ0v) is 22.3. The van der Waals surface area contributed by atoms with Gasteiger partial charge in [-0.3, -0.25) is 19.5 Å². The van der Waals surface area contributed by atoms with Gasteiger partial charge in [0.15, 0.2) is 5.76 Å². The maximum Gasteiger partial charge on any atom is 0.338 e. The highest BCUT2D eigenvalue weighted by Gasteiger charge is 2.45. The van der Waals surface area contributed by atoms with Gasteiger partial charge in [-0.15, -0.1) is 11.3 Å². The number of carbonyl (C=O) groups excluding carboxylic acids is 3. The summed E-state index contributed by atoms with van der Waals surface area (Å²) in [6, 6.07) is 18.3. The molecule has 3 heterocycles. The lowest BCUT2D eigenvalue weighted by atomic mass is 9.96. The molecule has 0 spiro atoms. The molecule has 0 saturated heterocycles. The lowest BCUT2D eigenvalue weighted by molar-refractivity contribution is -0.117. The van der Waals surface area contributed by atoms with Crippen molar-refractivity contribution < 1.29 is 24.2 Å². The second-order valence-electron chi connectivity index (χ2n) is 9.26. The summed E-state index contributed by atoms with van der Waals surface area (Å²) in [6.45, 7) is 5.22. The first-order valence-corrected chi connectivity index (χ1v) is 13.1. The van der Waals surface area contributed by atoms with Gasteiger partial charge in [-0.05, 0) is 50.6 Å². The molecule has 0 saturated carbocycles. The lowest BCUT2D eigenvalue weighted by Gasteiger charge is -2.27. The molecule has 39 heavy (non-hydrogen) atoms. The van der Waals surface area contributed by atoms with Crippen LogP contribution in [0.1, 0.15) is 51.2 Å². The Hall–Kier alpha value is -4.63. The molecule has 1 aliphatic rings. The van der Waals surface area contributed by atoms with Crippen LogP contribution in [0.4, 0.5) is 5.69 Å². The highest BCUT2D eigenvalue weighted by atomic mass is 32.1. The Morgan fingerprint density at radius 3 is 2.51 bits per heavy atom. The molecule has 1 atom stereocenters. The molecule has 1 amide bonds. The summed E-state index contributed by atoms with van der Waals surface area (Å²) in [6.07, 6.45) is 2.80. The number of thiazole rings is 1. The van der Waals surface area contributed by atoms with Crippen LogP contribution in [0.3, 0.4) is 0 Å². The van der Waals surface area contributed by atoms with Gasteiger partial charge in [0.25, 0.3) is 5.91 Å². The van der Waals surface area contributed by atoms with Crippen molar-refractivity contribution >= 4 is 34.7 Å². The normalized spacial score (nSPS) is 15.2. The van der Waals surface area contributed by atoms with Crippen molar-refractivity contribution in [2.24, 2.45) is 0 Å². The average molecular weight is 540 g/mol. The Balaban J connectivity index is 1.59. The molecule has 0 fully saturated rings. The van der Waals surface area contributed by atoms with E-state index in [-0.39, 0.29) is 17.2 Å². The Labute approximate surface area is 229 Å². The van der Waals surface area contributed by atoms with Gasteiger partial charge in [0.05, 0.1) is 33.9 Å². The van der Waals surface area contributed by atoms with Gasteiger partial charge in [-0.25, -0.2) is 9.78 Å². The molecule has 0 aliphatic carbocycles. The highest BCUT2D eigenvalue weighted by molar-refractivity contribution is 7.17. The first kappa shape index (κ1) is 26.0. The van der Waals surface area contributed by atoms with Gasteiger partial charge in [-0.2, -0.15) is 0 Å². The van der Waals surface area contributed by atoms with Crippen molar-refractivity contribution in [3.05, 3.63) is 112 Å². The summed E-state index contributed by atoms with van der Waals surface area (Å²) in [4.78, 5) is 50.5. The van der Waals surface area contributed by atoms with Gasteiger partial charge in [-0.1, -0.05) is 42.5 Å². The number of esters is 1. The van der Waals surface area contributed by atoms with Crippen LogP contribution < -0.4 is 4.90 Å². The fourth-order valence-corrected chi connectivity index (χ4v) is 5.48. The number of aromatic nitrogens is 2. The van der Waals surface area contributed by atoms with Crippen LogP contribution in [0, 0.1) is 6.92 Å². The molecule has 2 aromatic heterocycles. The number of benzene rings is 2. The highest BCUT2D eigenvalue weighted by Crippen LogP contribution is 2.43. The minimum Gasteiger partial charge on any atom is -0.503 e. The Kier molecular flexibility index (Phi) is 7.08. The third-order valence-corrected chi connectivity index (χ3v) is 7.38. The summed E-state index contributed by atoms with van der Waals surface area (Å²) in [5.41, 5.74) is 2.38. The minimum absolute atomic E-state index is 0.0745. The maximum atomic E-state index is 14.0. The summed E-state index contributed by atoms with van der Waals surface area (Å²) >= 11 is 1.20. The van der Waals surface area contributed by atoms with Gasteiger partial charge in [0.1, 0.15) is 5.01 Å². The van der Waals surface area contributed by atoms with Crippen molar-refractivity contribution in [1.29, 1.82) is 0 Å². The van der Waals surface area contributed by atoms with E-state index in [1.54, 1.807) is 63.5 Å². The largest absolute Gasteiger partial charge is 0.503 e. The molecule has 0 radical (unpaired) electrons.